The summed E-state index contributed by atoms with van der Waals surface area (Å²) in [4.78, 5) is 1.46. The van der Waals surface area contributed by atoms with E-state index in [2.05, 4.69) is 13.8 Å². The molecule has 0 aliphatic heterocycles. The number of alkyl halides is 3. The Kier molecular flexibility index (Phi) is 5.06. The summed E-state index contributed by atoms with van der Waals surface area (Å²) in [5, 5.41) is 0. The molecule has 0 amide bonds. The molecule has 1 aliphatic carbocycles. The van der Waals surface area contributed by atoms with Gasteiger partial charge in [0, 0.05) is 12.6 Å². The predicted octanol–water partition coefficient (Wildman–Crippen LogP) is 3.02. The number of nitrogens with zero attached hydrogens (tertiary/aromatic N) is 1. The first-order chi connectivity index (χ1) is 8.13. The van der Waals surface area contributed by atoms with Gasteiger partial charge in [0.15, 0.2) is 0 Å². The molecule has 1 aliphatic rings. The number of halogens is 3. The summed E-state index contributed by atoms with van der Waals surface area (Å²) in [7, 11) is 0. The fraction of sp³-hybridized carbons (Fsp3) is 1.00. The van der Waals surface area contributed by atoms with Crippen LogP contribution in [0.25, 0.3) is 0 Å². The van der Waals surface area contributed by atoms with Crippen LogP contribution in [0.4, 0.5) is 13.2 Å². The maximum Gasteiger partial charge on any atom is 0.401 e. The van der Waals surface area contributed by atoms with Crippen LogP contribution in [0.5, 0.6) is 0 Å². The summed E-state index contributed by atoms with van der Waals surface area (Å²) in [6.07, 6.45) is -1.22. The number of rotatable bonds is 4. The molecule has 5 heteroatoms. The van der Waals surface area contributed by atoms with Crippen LogP contribution in [-0.2, 0) is 0 Å². The largest absolute Gasteiger partial charge is 0.401 e. The number of hydrogen-bond donors (Lipinski definition) is 1. The summed E-state index contributed by atoms with van der Waals surface area (Å²) in [5.74, 6) is 0.177. The Labute approximate surface area is 108 Å². The lowest BCUT2D eigenvalue weighted by Crippen LogP contribution is -2.46. The van der Waals surface area contributed by atoms with Crippen LogP contribution in [-0.4, -0.2) is 36.8 Å². The molecule has 0 saturated heterocycles. The van der Waals surface area contributed by atoms with Crippen LogP contribution in [0.15, 0.2) is 0 Å². The molecule has 2 atom stereocenters. The van der Waals surface area contributed by atoms with Crippen molar-refractivity contribution in [3.05, 3.63) is 0 Å². The second-order valence-corrected chi connectivity index (χ2v) is 6.27. The van der Waals surface area contributed by atoms with Crippen LogP contribution in [0.2, 0.25) is 0 Å². The van der Waals surface area contributed by atoms with Crippen molar-refractivity contribution in [2.45, 2.75) is 52.3 Å². The van der Waals surface area contributed by atoms with Crippen LogP contribution in [0.1, 0.15) is 40.0 Å². The topological polar surface area (TPSA) is 29.3 Å². The van der Waals surface area contributed by atoms with Gasteiger partial charge < -0.3 is 5.73 Å². The maximum atomic E-state index is 12.4. The zero-order valence-electron chi connectivity index (χ0n) is 11.6. The second kappa shape index (κ2) is 5.78. The molecule has 18 heavy (non-hydrogen) atoms. The van der Waals surface area contributed by atoms with Crippen molar-refractivity contribution in [3.63, 3.8) is 0 Å². The van der Waals surface area contributed by atoms with Crippen molar-refractivity contribution < 1.29 is 13.2 Å². The summed E-state index contributed by atoms with van der Waals surface area (Å²) < 4.78 is 37.3. The average Bonchev–Trinajstić information content (AvgIpc) is 2.20. The van der Waals surface area contributed by atoms with Gasteiger partial charge in [0.1, 0.15) is 0 Å². The van der Waals surface area contributed by atoms with Gasteiger partial charge in [-0.3, -0.25) is 4.90 Å². The van der Waals surface area contributed by atoms with E-state index in [1.165, 1.54) is 4.90 Å². The van der Waals surface area contributed by atoms with E-state index >= 15 is 0 Å². The van der Waals surface area contributed by atoms with Gasteiger partial charge in [0.2, 0.25) is 0 Å². The molecule has 2 nitrogen and oxygen atoms in total. The SMILES string of the molecule is CCN(CC1CC(C)(C)CCC1N)CC(F)(F)F. The van der Waals surface area contributed by atoms with E-state index in [1.807, 2.05) is 0 Å². The third-order valence-corrected chi connectivity index (χ3v) is 3.92. The van der Waals surface area contributed by atoms with Crippen molar-refractivity contribution in [2.75, 3.05) is 19.6 Å². The summed E-state index contributed by atoms with van der Waals surface area (Å²) in [6, 6.07) is 0.0420. The maximum absolute atomic E-state index is 12.4. The molecule has 0 aromatic rings. The van der Waals surface area contributed by atoms with E-state index in [0.717, 1.165) is 19.3 Å². The zero-order chi connectivity index (χ0) is 14.0. The quantitative estimate of drug-likeness (QED) is 0.847. The molecule has 1 saturated carbocycles. The Balaban J connectivity index is 2.57. The summed E-state index contributed by atoms with van der Waals surface area (Å²) in [5.41, 5.74) is 6.27. The second-order valence-electron chi connectivity index (χ2n) is 6.27. The van der Waals surface area contributed by atoms with Gasteiger partial charge in [0.25, 0.3) is 0 Å². The lowest BCUT2D eigenvalue weighted by atomic mass is 9.70. The molecule has 0 heterocycles. The molecular formula is C13H25F3N2. The summed E-state index contributed by atoms with van der Waals surface area (Å²) in [6.45, 7) is 6.17. The van der Waals surface area contributed by atoms with Crippen molar-refractivity contribution in [1.82, 2.24) is 4.90 Å². The number of hydrogen-bond acceptors (Lipinski definition) is 2. The highest BCUT2D eigenvalue weighted by atomic mass is 19.4. The van der Waals surface area contributed by atoms with Gasteiger partial charge >= 0.3 is 6.18 Å². The van der Waals surface area contributed by atoms with Gasteiger partial charge in [-0.25, -0.2) is 0 Å². The van der Waals surface area contributed by atoms with Gasteiger partial charge in [-0.05, 0) is 37.1 Å². The first-order valence-corrected chi connectivity index (χ1v) is 6.67. The Bertz CT molecular complexity index is 263. The van der Waals surface area contributed by atoms with Crippen LogP contribution >= 0.6 is 0 Å². The predicted molar refractivity (Wildman–Crippen MR) is 67.3 cm³/mol. The van der Waals surface area contributed by atoms with E-state index in [-0.39, 0.29) is 17.4 Å². The molecule has 0 radical (unpaired) electrons. The first-order valence-electron chi connectivity index (χ1n) is 6.67. The third kappa shape index (κ3) is 5.14. The van der Waals surface area contributed by atoms with Crippen molar-refractivity contribution in [2.24, 2.45) is 17.1 Å². The Hall–Kier alpha value is -0.290. The smallest absolute Gasteiger partial charge is 0.327 e. The molecule has 1 rings (SSSR count). The van der Waals surface area contributed by atoms with Crippen LogP contribution in [0, 0.1) is 11.3 Å². The third-order valence-electron chi connectivity index (χ3n) is 3.92. The molecule has 0 bridgehead atoms. The number of nitrogens with two attached hydrogens (primary N) is 1. The standard InChI is InChI=1S/C13H25F3N2/c1-4-18(9-13(14,15)16)8-10-7-12(2,3)6-5-11(10)17/h10-11H,4-9,17H2,1-3H3. The lowest BCUT2D eigenvalue weighted by Gasteiger charge is -2.41. The highest BCUT2D eigenvalue weighted by molar-refractivity contribution is 4.88. The van der Waals surface area contributed by atoms with E-state index < -0.39 is 12.7 Å². The van der Waals surface area contributed by atoms with E-state index in [9.17, 15) is 13.2 Å². The van der Waals surface area contributed by atoms with Gasteiger partial charge in [-0.2, -0.15) is 13.2 Å². The highest BCUT2D eigenvalue weighted by Gasteiger charge is 2.36. The van der Waals surface area contributed by atoms with Gasteiger partial charge in [-0.1, -0.05) is 20.8 Å². The Morgan fingerprint density at radius 3 is 2.44 bits per heavy atom. The lowest BCUT2D eigenvalue weighted by molar-refractivity contribution is -0.147. The first kappa shape index (κ1) is 15.8. The van der Waals surface area contributed by atoms with E-state index in [4.69, 9.17) is 5.73 Å². The Morgan fingerprint density at radius 2 is 1.94 bits per heavy atom. The fourth-order valence-corrected chi connectivity index (χ4v) is 2.85. The van der Waals surface area contributed by atoms with E-state index in [1.54, 1.807) is 6.92 Å². The zero-order valence-corrected chi connectivity index (χ0v) is 11.6. The highest BCUT2D eigenvalue weighted by Crippen LogP contribution is 2.38. The monoisotopic (exact) mass is 266 g/mol. The average molecular weight is 266 g/mol. The van der Waals surface area contributed by atoms with Crippen molar-refractivity contribution in [1.29, 1.82) is 0 Å². The normalized spacial score (nSPS) is 28.7. The van der Waals surface area contributed by atoms with Gasteiger partial charge in [0.05, 0.1) is 6.54 Å². The fourth-order valence-electron chi connectivity index (χ4n) is 2.85. The molecular weight excluding hydrogens is 241 g/mol. The minimum Gasteiger partial charge on any atom is -0.327 e. The van der Waals surface area contributed by atoms with Crippen molar-refractivity contribution in [3.8, 4) is 0 Å². The molecule has 1 fully saturated rings. The van der Waals surface area contributed by atoms with Gasteiger partial charge in [-0.15, -0.1) is 0 Å². The molecule has 0 aromatic carbocycles. The van der Waals surface area contributed by atoms with E-state index in [0.29, 0.717) is 13.1 Å². The van der Waals surface area contributed by atoms with Crippen LogP contribution < -0.4 is 5.73 Å². The molecule has 108 valence electrons. The molecule has 0 aromatic heterocycles. The van der Waals surface area contributed by atoms with Crippen LogP contribution in [0.3, 0.4) is 0 Å². The molecule has 2 N–H and O–H groups in total. The minimum absolute atomic E-state index is 0.0420. The molecule has 0 spiro atoms. The minimum atomic E-state index is -4.12. The molecule has 2 unspecified atom stereocenters. The van der Waals surface area contributed by atoms with Crippen molar-refractivity contribution >= 4 is 0 Å². The Morgan fingerprint density at radius 1 is 1.33 bits per heavy atom. The summed E-state index contributed by atoms with van der Waals surface area (Å²) >= 11 is 0.